The highest BCUT2D eigenvalue weighted by molar-refractivity contribution is 5.93. The molecule has 4 aliphatic rings. The van der Waals surface area contributed by atoms with Gasteiger partial charge >= 0.3 is 0 Å². The van der Waals surface area contributed by atoms with Gasteiger partial charge in [0, 0.05) is 11.1 Å². The van der Waals surface area contributed by atoms with Gasteiger partial charge in [0.05, 0.1) is 6.21 Å². The molecular formula is C21H24N4O2. The van der Waals surface area contributed by atoms with Crippen LogP contribution in [0.15, 0.2) is 35.4 Å². The van der Waals surface area contributed by atoms with Crippen LogP contribution in [0.4, 0.5) is 0 Å². The molecule has 4 saturated carbocycles. The number of carbonyl (C=O) groups excluding carboxylic acids is 1. The summed E-state index contributed by atoms with van der Waals surface area (Å²) in [6.07, 6.45) is 9.44. The van der Waals surface area contributed by atoms with Gasteiger partial charge in [0.15, 0.2) is 5.69 Å². The number of nitrogens with zero attached hydrogens (tertiary/aromatic N) is 2. The fourth-order valence-corrected chi connectivity index (χ4v) is 5.93. The van der Waals surface area contributed by atoms with Crippen LogP contribution in [0.1, 0.15) is 60.3 Å². The normalized spacial score (nSPS) is 31.5. The molecule has 4 aliphatic carbocycles. The summed E-state index contributed by atoms with van der Waals surface area (Å²) in [5, 5.41) is 20.7. The Morgan fingerprint density at radius 2 is 1.78 bits per heavy atom. The maximum Gasteiger partial charge on any atom is 0.291 e. The van der Waals surface area contributed by atoms with Gasteiger partial charge in [0.2, 0.25) is 0 Å². The van der Waals surface area contributed by atoms with Crippen molar-refractivity contribution in [3.8, 4) is 5.75 Å². The summed E-state index contributed by atoms with van der Waals surface area (Å²) in [6.45, 7) is 0. The van der Waals surface area contributed by atoms with E-state index in [4.69, 9.17) is 0 Å². The zero-order chi connectivity index (χ0) is 18.4. The van der Waals surface area contributed by atoms with Crippen molar-refractivity contribution in [1.29, 1.82) is 0 Å². The van der Waals surface area contributed by atoms with Crippen LogP contribution in [0, 0.1) is 17.8 Å². The van der Waals surface area contributed by atoms with E-state index in [2.05, 4.69) is 20.7 Å². The molecular weight excluding hydrogens is 340 g/mol. The average Bonchev–Trinajstić information content (AvgIpc) is 3.13. The van der Waals surface area contributed by atoms with Crippen LogP contribution < -0.4 is 5.43 Å². The molecule has 6 heteroatoms. The first-order chi connectivity index (χ1) is 13.1. The number of amides is 1. The molecule has 0 aliphatic heterocycles. The largest absolute Gasteiger partial charge is 0.508 e. The van der Waals surface area contributed by atoms with Crippen molar-refractivity contribution in [3.63, 3.8) is 0 Å². The quantitative estimate of drug-likeness (QED) is 0.574. The molecule has 1 aromatic carbocycles. The van der Waals surface area contributed by atoms with E-state index in [1.165, 1.54) is 38.5 Å². The Labute approximate surface area is 158 Å². The Kier molecular flexibility index (Phi) is 3.81. The minimum Gasteiger partial charge on any atom is -0.508 e. The summed E-state index contributed by atoms with van der Waals surface area (Å²) >= 11 is 0. The number of hydrogen-bond donors (Lipinski definition) is 3. The molecule has 1 amide bonds. The Hall–Kier alpha value is -2.63. The van der Waals surface area contributed by atoms with E-state index < -0.39 is 0 Å². The number of aromatic nitrogens is 2. The van der Waals surface area contributed by atoms with Gasteiger partial charge in [-0.15, -0.1) is 0 Å². The molecule has 27 heavy (non-hydrogen) atoms. The van der Waals surface area contributed by atoms with E-state index in [0.29, 0.717) is 5.69 Å². The van der Waals surface area contributed by atoms with Crippen LogP contribution in [0.5, 0.6) is 5.75 Å². The summed E-state index contributed by atoms with van der Waals surface area (Å²) in [5.41, 5.74) is 5.06. The third-order valence-corrected chi connectivity index (χ3v) is 6.69. The Bertz CT molecular complexity index is 849. The summed E-state index contributed by atoms with van der Waals surface area (Å²) in [4.78, 5) is 12.4. The van der Waals surface area contributed by atoms with E-state index in [-0.39, 0.29) is 17.1 Å². The van der Waals surface area contributed by atoms with Gasteiger partial charge in [-0.1, -0.05) is 0 Å². The second-order valence-corrected chi connectivity index (χ2v) is 8.66. The van der Waals surface area contributed by atoms with Gasteiger partial charge in [-0.3, -0.25) is 9.89 Å². The second kappa shape index (κ2) is 6.22. The molecule has 4 fully saturated rings. The number of carbonyl (C=O) groups is 1. The summed E-state index contributed by atoms with van der Waals surface area (Å²) < 4.78 is 0. The van der Waals surface area contributed by atoms with E-state index in [1.54, 1.807) is 30.5 Å². The standard InChI is InChI=1S/C21H24N4O2/c26-17-3-1-13(2-4-17)12-22-25-20(27)18-8-19(24-23-18)21-9-14-5-15(10-21)7-16(6-14)11-21/h1-4,8,12,14-16,26H,5-7,9-11H2,(H,23,24)(H,25,27)/b22-12-. The zero-order valence-electron chi connectivity index (χ0n) is 15.2. The lowest BCUT2D eigenvalue weighted by Gasteiger charge is -2.56. The van der Waals surface area contributed by atoms with Crippen molar-refractivity contribution in [2.45, 2.75) is 43.9 Å². The molecule has 2 aromatic rings. The van der Waals surface area contributed by atoms with Crippen LogP contribution in [-0.4, -0.2) is 27.4 Å². The number of rotatable bonds is 4. The first kappa shape index (κ1) is 16.5. The molecule has 0 atom stereocenters. The highest BCUT2D eigenvalue weighted by Gasteiger charge is 2.52. The summed E-state index contributed by atoms with van der Waals surface area (Å²) in [5.74, 6) is 2.45. The van der Waals surface area contributed by atoms with Crippen molar-refractivity contribution in [3.05, 3.63) is 47.3 Å². The topological polar surface area (TPSA) is 90.4 Å². The predicted octanol–water partition coefficient (Wildman–Crippen LogP) is 3.35. The number of H-pyrrole nitrogens is 1. The lowest BCUT2D eigenvalue weighted by molar-refractivity contribution is -0.00721. The number of aromatic hydroxyl groups is 1. The van der Waals surface area contributed by atoms with Crippen LogP contribution in [0.2, 0.25) is 0 Å². The molecule has 0 radical (unpaired) electrons. The first-order valence-electron chi connectivity index (χ1n) is 9.78. The minimum absolute atomic E-state index is 0.199. The second-order valence-electron chi connectivity index (χ2n) is 8.66. The molecule has 1 heterocycles. The summed E-state index contributed by atoms with van der Waals surface area (Å²) in [7, 11) is 0. The molecule has 140 valence electrons. The van der Waals surface area contributed by atoms with Gasteiger partial charge < -0.3 is 5.11 Å². The first-order valence-corrected chi connectivity index (χ1v) is 9.78. The summed E-state index contributed by atoms with van der Waals surface area (Å²) in [6, 6.07) is 8.54. The average molecular weight is 364 g/mol. The van der Waals surface area contributed by atoms with Gasteiger partial charge in [-0.2, -0.15) is 10.2 Å². The number of phenolic OH excluding ortho intramolecular Hbond substituents is 1. The Morgan fingerprint density at radius 1 is 1.15 bits per heavy atom. The number of phenols is 1. The molecule has 1 aromatic heterocycles. The number of benzene rings is 1. The fraction of sp³-hybridized carbons (Fsp3) is 0.476. The number of aromatic amines is 1. The van der Waals surface area contributed by atoms with Crippen LogP contribution in [0.25, 0.3) is 0 Å². The van der Waals surface area contributed by atoms with Gasteiger partial charge in [-0.05, 0) is 92.2 Å². The number of nitrogens with one attached hydrogen (secondary N) is 2. The van der Waals surface area contributed by atoms with Gasteiger partial charge in [0.25, 0.3) is 5.91 Å². The van der Waals surface area contributed by atoms with Crippen LogP contribution >= 0.6 is 0 Å². The molecule has 3 N–H and O–H groups in total. The molecule has 6 rings (SSSR count). The third-order valence-electron chi connectivity index (χ3n) is 6.69. The molecule has 4 bridgehead atoms. The van der Waals surface area contributed by atoms with Crippen molar-refractivity contribution < 1.29 is 9.90 Å². The monoisotopic (exact) mass is 364 g/mol. The van der Waals surface area contributed by atoms with Crippen molar-refractivity contribution in [2.75, 3.05) is 0 Å². The van der Waals surface area contributed by atoms with E-state index >= 15 is 0 Å². The Balaban J connectivity index is 1.28. The fourth-order valence-electron chi connectivity index (χ4n) is 5.93. The van der Waals surface area contributed by atoms with Gasteiger partial charge in [0.1, 0.15) is 5.75 Å². The predicted molar refractivity (Wildman–Crippen MR) is 102 cm³/mol. The highest BCUT2D eigenvalue weighted by atomic mass is 16.3. The maximum absolute atomic E-state index is 12.4. The smallest absolute Gasteiger partial charge is 0.291 e. The van der Waals surface area contributed by atoms with Crippen molar-refractivity contribution in [1.82, 2.24) is 15.6 Å². The van der Waals surface area contributed by atoms with E-state index in [0.717, 1.165) is 29.0 Å². The van der Waals surface area contributed by atoms with Crippen LogP contribution in [0.3, 0.4) is 0 Å². The molecule has 0 spiro atoms. The van der Waals surface area contributed by atoms with Crippen molar-refractivity contribution in [2.24, 2.45) is 22.9 Å². The molecule has 0 saturated heterocycles. The lowest BCUT2D eigenvalue weighted by Crippen LogP contribution is -2.48. The van der Waals surface area contributed by atoms with Crippen molar-refractivity contribution >= 4 is 12.1 Å². The Morgan fingerprint density at radius 3 is 2.41 bits per heavy atom. The lowest BCUT2D eigenvalue weighted by atomic mass is 9.49. The number of hydrazone groups is 1. The van der Waals surface area contributed by atoms with Gasteiger partial charge in [-0.25, -0.2) is 5.43 Å². The molecule has 6 nitrogen and oxygen atoms in total. The highest BCUT2D eigenvalue weighted by Crippen LogP contribution is 2.60. The zero-order valence-corrected chi connectivity index (χ0v) is 15.2. The number of hydrogen-bond acceptors (Lipinski definition) is 4. The van der Waals surface area contributed by atoms with E-state index in [1.807, 2.05) is 6.07 Å². The minimum atomic E-state index is -0.308. The maximum atomic E-state index is 12.4. The van der Waals surface area contributed by atoms with Crippen LogP contribution in [-0.2, 0) is 5.41 Å². The third kappa shape index (κ3) is 3.03. The molecule has 0 unspecified atom stereocenters. The van der Waals surface area contributed by atoms with E-state index in [9.17, 15) is 9.90 Å². The SMILES string of the molecule is O=C(N/N=C\c1ccc(O)cc1)c1cc(C23CC4CC(CC(C4)C2)C3)[nH]n1.